The Labute approximate surface area is 110 Å². The van der Waals surface area contributed by atoms with E-state index in [9.17, 15) is 9.59 Å². The van der Waals surface area contributed by atoms with Crippen molar-refractivity contribution < 1.29 is 19.2 Å². The third-order valence-corrected chi connectivity index (χ3v) is 3.19. The molecule has 6 heteroatoms. The molecule has 1 atom stereocenters. The second kappa shape index (κ2) is 7.73. The summed E-state index contributed by atoms with van der Waals surface area (Å²) in [5, 5.41) is -0.421. The van der Waals surface area contributed by atoms with E-state index < -0.39 is 17.2 Å². The number of hydrogen-bond acceptors (Lipinski definition) is 6. The molecule has 0 aliphatic carbocycles. The average Bonchev–Trinajstić information content (AvgIpc) is 2.42. The second-order valence-corrected chi connectivity index (χ2v) is 4.63. The Morgan fingerprint density at radius 3 is 2.61 bits per heavy atom. The first-order valence-corrected chi connectivity index (χ1v) is 6.36. The van der Waals surface area contributed by atoms with Gasteiger partial charge < -0.3 is 9.57 Å². The van der Waals surface area contributed by atoms with Crippen molar-refractivity contribution in [3.63, 3.8) is 0 Å². The normalized spacial score (nSPS) is 11.7. The van der Waals surface area contributed by atoms with E-state index in [0.717, 1.165) is 17.3 Å². The molecule has 0 aliphatic heterocycles. The molecule has 1 aromatic carbocycles. The Bertz CT molecular complexity index is 396. The van der Waals surface area contributed by atoms with Gasteiger partial charge in [0.1, 0.15) is 6.61 Å². The quantitative estimate of drug-likeness (QED) is 0.651. The molecule has 0 heterocycles. The monoisotopic (exact) mass is 269 g/mol. The minimum Gasteiger partial charge on any atom is -0.453 e. The molecule has 1 aromatic rings. The molecule has 0 saturated carbocycles. The first-order chi connectivity index (χ1) is 8.63. The molecule has 98 valence electrons. The maximum atomic E-state index is 11.4. The van der Waals surface area contributed by atoms with Crippen molar-refractivity contribution >= 4 is 23.0 Å². The van der Waals surface area contributed by atoms with Gasteiger partial charge in [-0.1, -0.05) is 37.3 Å². The van der Waals surface area contributed by atoms with Crippen molar-refractivity contribution in [3.8, 4) is 0 Å². The topological polar surface area (TPSA) is 78.6 Å². The average molecular weight is 269 g/mol. The number of carbonyl (C=O) groups excluding carboxylic acids is 2. The number of benzene rings is 1. The zero-order valence-corrected chi connectivity index (χ0v) is 10.8. The zero-order chi connectivity index (χ0) is 13.4. The maximum Gasteiger partial charge on any atom is 0.367 e. The Balaban J connectivity index is 2.24. The molecular weight excluding hydrogens is 254 g/mol. The van der Waals surface area contributed by atoms with Crippen molar-refractivity contribution in [2.45, 2.75) is 13.5 Å². The third-order valence-electron chi connectivity index (χ3n) is 2.17. The second-order valence-electron chi connectivity index (χ2n) is 3.67. The highest BCUT2D eigenvalue weighted by Crippen LogP contribution is 2.13. The molecule has 0 aliphatic rings. The van der Waals surface area contributed by atoms with Crippen LogP contribution in [0, 0.1) is 5.92 Å². The largest absolute Gasteiger partial charge is 0.453 e. The number of nitrogens with two attached hydrogens (primary N) is 1. The summed E-state index contributed by atoms with van der Waals surface area (Å²) in [5.74, 6) is 4.04. The Morgan fingerprint density at radius 2 is 2.00 bits per heavy atom. The van der Waals surface area contributed by atoms with Crippen molar-refractivity contribution in [1.29, 1.82) is 0 Å². The van der Waals surface area contributed by atoms with Crippen LogP contribution in [0.25, 0.3) is 0 Å². The number of carbonyl (C=O) groups is 2. The summed E-state index contributed by atoms with van der Waals surface area (Å²) in [6.07, 6.45) is 0. The van der Waals surface area contributed by atoms with Gasteiger partial charge in [0.15, 0.2) is 0 Å². The number of hydrogen-bond donors (Lipinski definition) is 1. The van der Waals surface area contributed by atoms with E-state index in [1.165, 1.54) is 0 Å². The minimum absolute atomic E-state index is 0.225. The van der Waals surface area contributed by atoms with Crippen LogP contribution in [-0.4, -0.2) is 17.0 Å². The number of rotatable bonds is 5. The van der Waals surface area contributed by atoms with Gasteiger partial charge in [0.25, 0.3) is 0 Å². The summed E-state index contributed by atoms with van der Waals surface area (Å²) in [5.41, 5.74) is 0.917. The van der Waals surface area contributed by atoms with Crippen LogP contribution < -0.4 is 5.90 Å². The summed E-state index contributed by atoms with van der Waals surface area (Å²) in [4.78, 5) is 26.4. The van der Waals surface area contributed by atoms with Crippen molar-refractivity contribution in [2.75, 3.05) is 5.75 Å². The fourth-order valence-corrected chi connectivity index (χ4v) is 1.80. The zero-order valence-electron chi connectivity index (χ0n) is 10.00. The summed E-state index contributed by atoms with van der Waals surface area (Å²) in [6, 6.07) is 9.37. The van der Waals surface area contributed by atoms with Gasteiger partial charge in [-0.25, -0.2) is 4.79 Å². The van der Waals surface area contributed by atoms with E-state index in [1.807, 2.05) is 30.3 Å². The van der Waals surface area contributed by atoms with Crippen LogP contribution in [0.2, 0.25) is 0 Å². The fourth-order valence-electron chi connectivity index (χ4n) is 1.14. The lowest BCUT2D eigenvalue weighted by molar-refractivity contribution is -0.147. The molecule has 0 amide bonds. The van der Waals surface area contributed by atoms with Gasteiger partial charge in [-0.05, 0) is 17.3 Å². The fraction of sp³-hybridized carbons (Fsp3) is 0.333. The Kier molecular flexibility index (Phi) is 6.24. The van der Waals surface area contributed by atoms with Crippen LogP contribution in [0.15, 0.2) is 30.3 Å². The molecule has 18 heavy (non-hydrogen) atoms. The van der Waals surface area contributed by atoms with E-state index in [1.54, 1.807) is 6.92 Å². The molecule has 5 nitrogen and oxygen atoms in total. The van der Waals surface area contributed by atoms with Crippen LogP contribution in [0.1, 0.15) is 12.5 Å². The van der Waals surface area contributed by atoms with Crippen LogP contribution in [0.5, 0.6) is 0 Å². The van der Waals surface area contributed by atoms with Gasteiger partial charge in [-0.2, -0.15) is 5.90 Å². The van der Waals surface area contributed by atoms with Gasteiger partial charge in [-0.3, -0.25) is 4.79 Å². The van der Waals surface area contributed by atoms with E-state index in [4.69, 9.17) is 10.6 Å². The highest BCUT2D eigenvalue weighted by Gasteiger charge is 2.16. The molecule has 0 spiro atoms. The Hall–Kier alpha value is -1.53. The first-order valence-electron chi connectivity index (χ1n) is 5.37. The molecule has 0 aromatic heterocycles. The first kappa shape index (κ1) is 14.5. The highest BCUT2D eigenvalue weighted by atomic mass is 32.2. The minimum atomic E-state index is -0.543. The standard InChI is InChI=1S/C12H15NO4S/c1-9(11(14)17-13)8-18-12(15)16-7-10-5-3-2-4-6-10/h2-6,9H,7-8,13H2,1H3. The number of ether oxygens (including phenoxy) is 1. The van der Waals surface area contributed by atoms with E-state index in [-0.39, 0.29) is 12.4 Å². The molecule has 0 saturated heterocycles. The van der Waals surface area contributed by atoms with Gasteiger partial charge in [0.2, 0.25) is 0 Å². The van der Waals surface area contributed by atoms with Crippen LogP contribution in [0.4, 0.5) is 4.79 Å². The third kappa shape index (κ3) is 5.20. The predicted octanol–water partition coefficient (Wildman–Crippen LogP) is 2.11. The van der Waals surface area contributed by atoms with Gasteiger partial charge in [0.05, 0.1) is 5.92 Å². The number of thioether (sulfide) groups is 1. The molecule has 1 unspecified atom stereocenters. The smallest absolute Gasteiger partial charge is 0.367 e. The maximum absolute atomic E-state index is 11.4. The molecule has 2 N–H and O–H groups in total. The van der Waals surface area contributed by atoms with Gasteiger partial charge in [0, 0.05) is 5.75 Å². The van der Waals surface area contributed by atoms with E-state index in [0.29, 0.717) is 0 Å². The predicted molar refractivity (Wildman–Crippen MR) is 68.5 cm³/mol. The van der Waals surface area contributed by atoms with Crippen molar-refractivity contribution in [2.24, 2.45) is 11.8 Å². The summed E-state index contributed by atoms with van der Waals surface area (Å²) < 4.78 is 5.03. The highest BCUT2D eigenvalue weighted by molar-refractivity contribution is 8.13. The van der Waals surface area contributed by atoms with Crippen LogP contribution in [0.3, 0.4) is 0 Å². The SMILES string of the molecule is CC(CSC(=O)OCc1ccccc1)C(=O)ON. The Morgan fingerprint density at radius 1 is 1.33 bits per heavy atom. The lowest BCUT2D eigenvalue weighted by Crippen LogP contribution is -2.20. The molecule has 0 radical (unpaired) electrons. The molecule has 0 fully saturated rings. The summed E-state index contributed by atoms with van der Waals surface area (Å²) in [7, 11) is 0. The van der Waals surface area contributed by atoms with Crippen molar-refractivity contribution in [1.82, 2.24) is 0 Å². The van der Waals surface area contributed by atoms with Crippen molar-refractivity contribution in [3.05, 3.63) is 35.9 Å². The van der Waals surface area contributed by atoms with Gasteiger partial charge in [-0.15, -0.1) is 0 Å². The van der Waals surface area contributed by atoms with Gasteiger partial charge >= 0.3 is 11.3 Å². The molecule has 1 rings (SSSR count). The van der Waals surface area contributed by atoms with E-state index >= 15 is 0 Å². The summed E-state index contributed by atoms with van der Waals surface area (Å²) in [6.45, 7) is 1.86. The molecular formula is C12H15NO4S. The molecule has 0 bridgehead atoms. The lowest BCUT2D eigenvalue weighted by atomic mass is 10.2. The lowest BCUT2D eigenvalue weighted by Gasteiger charge is -2.07. The van der Waals surface area contributed by atoms with Crippen LogP contribution >= 0.6 is 11.8 Å². The summed E-state index contributed by atoms with van der Waals surface area (Å²) >= 11 is 0.930. The van der Waals surface area contributed by atoms with E-state index in [2.05, 4.69) is 4.84 Å². The van der Waals surface area contributed by atoms with Crippen LogP contribution in [-0.2, 0) is 21.0 Å².